The Morgan fingerprint density at radius 1 is 1.08 bits per heavy atom. The van der Waals surface area contributed by atoms with Crippen molar-refractivity contribution in [3.63, 3.8) is 0 Å². The second kappa shape index (κ2) is 6.47. The van der Waals surface area contributed by atoms with E-state index in [1.807, 2.05) is 0 Å². The topological polar surface area (TPSA) is 9.23 Å². The molecule has 74 valence electrons. The summed E-state index contributed by atoms with van der Waals surface area (Å²) < 4.78 is 5.28. The van der Waals surface area contributed by atoms with Gasteiger partial charge in [0.05, 0.1) is 6.10 Å². The highest BCUT2D eigenvalue weighted by molar-refractivity contribution is 4.62. The van der Waals surface area contributed by atoms with Crippen molar-refractivity contribution < 1.29 is 4.74 Å². The minimum atomic E-state index is 0.411. The summed E-state index contributed by atoms with van der Waals surface area (Å²) in [5, 5.41) is 0. The molecule has 1 nitrogen and oxygen atoms in total. The van der Waals surface area contributed by atoms with Gasteiger partial charge in [0.1, 0.15) is 0 Å². The van der Waals surface area contributed by atoms with Crippen LogP contribution in [0.5, 0.6) is 0 Å². The molecule has 0 fully saturated rings. The molecule has 3 atom stereocenters. The maximum atomic E-state index is 5.28. The number of rotatable bonds is 6. The molecule has 0 aromatic carbocycles. The fourth-order valence-electron chi connectivity index (χ4n) is 1.22. The van der Waals surface area contributed by atoms with Crippen molar-refractivity contribution in [2.24, 2.45) is 11.8 Å². The monoisotopic (exact) mass is 172 g/mol. The molecule has 0 amide bonds. The molecule has 0 aliphatic carbocycles. The van der Waals surface area contributed by atoms with Gasteiger partial charge in [0.25, 0.3) is 0 Å². The summed E-state index contributed by atoms with van der Waals surface area (Å²) >= 11 is 0. The highest BCUT2D eigenvalue weighted by Crippen LogP contribution is 2.18. The smallest absolute Gasteiger partial charge is 0.0568 e. The Labute approximate surface area is 77.5 Å². The Morgan fingerprint density at radius 3 is 2.08 bits per heavy atom. The lowest BCUT2D eigenvalue weighted by Crippen LogP contribution is -2.16. The fourth-order valence-corrected chi connectivity index (χ4v) is 1.22. The van der Waals surface area contributed by atoms with Gasteiger partial charge >= 0.3 is 0 Å². The van der Waals surface area contributed by atoms with Crippen molar-refractivity contribution in [2.75, 3.05) is 7.11 Å². The summed E-state index contributed by atoms with van der Waals surface area (Å²) in [6, 6.07) is 0. The lowest BCUT2D eigenvalue weighted by molar-refractivity contribution is 0.0679. The minimum absolute atomic E-state index is 0.411. The van der Waals surface area contributed by atoms with Gasteiger partial charge in [0, 0.05) is 7.11 Å². The van der Waals surface area contributed by atoms with Crippen LogP contribution in [0.4, 0.5) is 0 Å². The molecule has 0 aromatic rings. The third-order valence-corrected chi connectivity index (χ3v) is 2.98. The van der Waals surface area contributed by atoms with Crippen molar-refractivity contribution in [3.05, 3.63) is 0 Å². The van der Waals surface area contributed by atoms with Crippen molar-refractivity contribution in [1.82, 2.24) is 0 Å². The van der Waals surface area contributed by atoms with E-state index in [4.69, 9.17) is 4.74 Å². The highest BCUT2D eigenvalue weighted by atomic mass is 16.5. The van der Waals surface area contributed by atoms with Gasteiger partial charge < -0.3 is 4.74 Å². The molecule has 0 N–H and O–H groups in total. The van der Waals surface area contributed by atoms with Crippen molar-refractivity contribution >= 4 is 0 Å². The molecule has 0 spiro atoms. The molecular formula is C11H24O. The number of ether oxygens (including phenoxy) is 1. The maximum Gasteiger partial charge on any atom is 0.0568 e. The van der Waals surface area contributed by atoms with Crippen molar-refractivity contribution in [3.8, 4) is 0 Å². The van der Waals surface area contributed by atoms with Crippen LogP contribution >= 0.6 is 0 Å². The van der Waals surface area contributed by atoms with Crippen LogP contribution in [0.25, 0.3) is 0 Å². The molecule has 0 radical (unpaired) electrons. The minimum Gasteiger partial charge on any atom is -0.381 e. The summed E-state index contributed by atoms with van der Waals surface area (Å²) in [6.07, 6.45) is 4.35. The van der Waals surface area contributed by atoms with Crippen LogP contribution in [0.1, 0.15) is 47.0 Å². The Balaban J connectivity index is 3.49. The van der Waals surface area contributed by atoms with Gasteiger partial charge in [-0.25, -0.2) is 0 Å². The Hall–Kier alpha value is -0.0400. The van der Waals surface area contributed by atoms with Crippen LogP contribution in [-0.4, -0.2) is 13.2 Å². The average Bonchev–Trinajstić information content (AvgIpc) is 2.11. The normalized spacial score (nSPS) is 18.8. The summed E-state index contributed by atoms with van der Waals surface area (Å²) in [5.41, 5.74) is 0. The van der Waals surface area contributed by atoms with Gasteiger partial charge in [-0.1, -0.05) is 33.6 Å². The van der Waals surface area contributed by atoms with E-state index in [2.05, 4.69) is 27.7 Å². The molecule has 1 heteroatoms. The summed E-state index contributed by atoms with van der Waals surface area (Å²) in [4.78, 5) is 0. The molecule has 0 saturated heterocycles. The second-order valence-corrected chi connectivity index (χ2v) is 4.01. The predicted molar refractivity (Wildman–Crippen MR) is 54.3 cm³/mol. The summed E-state index contributed by atoms with van der Waals surface area (Å²) in [6.45, 7) is 9.01. The Kier molecular flexibility index (Phi) is 6.45. The first kappa shape index (κ1) is 12.0. The van der Waals surface area contributed by atoms with Crippen LogP contribution in [-0.2, 0) is 4.74 Å². The third kappa shape index (κ3) is 4.76. The predicted octanol–water partition coefficient (Wildman–Crippen LogP) is 3.48. The molecule has 0 aromatic heterocycles. The van der Waals surface area contributed by atoms with Gasteiger partial charge in [-0.2, -0.15) is 0 Å². The molecule has 0 rings (SSSR count). The maximum absolute atomic E-state index is 5.28. The Bertz CT molecular complexity index is 101. The summed E-state index contributed by atoms with van der Waals surface area (Å²) in [5.74, 6) is 1.57. The van der Waals surface area contributed by atoms with E-state index in [9.17, 15) is 0 Å². The molecule has 0 aliphatic heterocycles. The molecule has 0 heterocycles. The average molecular weight is 172 g/mol. The van der Waals surface area contributed by atoms with Crippen LogP contribution in [0.2, 0.25) is 0 Å². The van der Waals surface area contributed by atoms with E-state index in [0.29, 0.717) is 12.0 Å². The van der Waals surface area contributed by atoms with E-state index >= 15 is 0 Å². The standard InChI is InChI=1S/C11H24O/c1-6-9(2)7-8-10(3)11(4)12-5/h9-11H,6-8H2,1-5H3. The van der Waals surface area contributed by atoms with E-state index in [-0.39, 0.29) is 0 Å². The first-order chi connectivity index (χ1) is 5.61. The number of methoxy groups -OCH3 is 1. The zero-order chi connectivity index (χ0) is 9.56. The van der Waals surface area contributed by atoms with Crippen LogP contribution in [0.15, 0.2) is 0 Å². The van der Waals surface area contributed by atoms with Gasteiger partial charge in [0.15, 0.2) is 0 Å². The zero-order valence-corrected chi connectivity index (χ0v) is 9.26. The van der Waals surface area contributed by atoms with Gasteiger partial charge in [-0.3, -0.25) is 0 Å². The fraction of sp³-hybridized carbons (Fsp3) is 1.00. The second-order valence-electron chi connectivity index (χ2n) is 4.01. The molecule has 0 aliphatic rings. The molecule has 0 saturated carbocycles. The highest BCUT2D eigenvalue weighted by Gasteiger charge is 2.11. The van der Waals surface area contributed by atoms with E-state index in [1.54, 1.807) is 7.11 Å². The third-order valence-electron chi connectivity index (χ3n) is 2.98. The van der Waals surface area contributed by atoms with Gasteiger partial charge in [-0.15, -0.1) is 0 Å². The first-order valence-electron chi connectivity index (χ1n) is 5.14. The van der Waals surface area contributed by atoms with E-state index in [0.717, 1.165) is 5.92 Å². The van der Waals surface area contributed by atoms with Crippen molar-refractivity contribution in [1.29, 1.82) is 0 Å². The van der Waals surface area contributed by atoms with E-state index in [1.165, 1.54) is 19.3 Å². The van der Waals surface area contributed by atoms with Gasteiger partial charge in [0.2, 0.25) is 0 Å². The number of hydrogen-bond acceptors (Lipinski definition) is 1. The number of hydrogen-bond donors (Lipinski definition) is 0. The molecule has 0 bridgehead atoms. The van der Waals surface area contributed by atoms with Gasteiger partial charge in [-0.05, 0) is 25.2 Å². The first-order valence-corrected chi connectivity index (χ1v) is 5.14. The molecular weight excluding hydrogens is 148 g/mol. The quantitative estimate of drug-likeness (QED) is 0.596. The van der Waals surface area contributed by atoms with Crippen LogP contribution in [0.3, 0.4) is 0 Å². The summed E-state index contributed by atoms with van der Waals surface area (Å²) in [7, 11) is 1.80. The van der Waals surface area contributed by atoms with Crippen LogP contribution < -0.4 is 0 Å². The van der Waals surface area contributed by atoms with Crippen LogP contribution in [0, 0.1) is 11.8 Å². The van der Waals surface area contributed by atoms with Crippen molar-refractivity contribution in [2.45, 2.75) is 53.1 Å². The SMILES string of the molecule is CCC(C)CCC(C)C(C)OC. The lowest BCUT2D eigenvalue weighted by atomic mass is 9.93. The van der Waals surface area contributed by atoms with E-state index < -0.39 is 0 Å². The largest absolute Gasteiger partial charge is 0.381 e. The lowest BCUT2D eigenvalue weighted by Gasteiger charge is -2.19. The molecule has 3 unspecified atom stereocenters. The molecule has 12 heavy (non-hydrogen) atoms. The Morgan fingerprint density at radius 2 is 1.67 bits per heavy atom. The zero-order valence-electron chi connectivity index (χ0n) is 9.26.